The van der Waals surface area contributed by atoms with E-state index in [0.29, 0.717) is 0 Å². The highest BCUT2D eigenvalue weighted by atomic mass is 16.2. The molecule has 27 heavy (non-hydrogen) atoms. The number of amides is 1. The Morgan fingerprint density at radius 2 is 1.56 bits per heavy atom. The van der Waals surface area contributed by atoms with Crippen LogP contribution >= 0.6 is 0 Å². The Kier molecular flexibility index (Phi) is 5.44. The molecular formula is C23H29N3O. The number of likely N-dealkylation sites (tertiary alicyclic amines) is 1. The summed E-state index contributed by atoms with van der Waals surface area (Å²) in [6, 6.07) is 18.9. The van der Waals surface area contributed by atoms with Crippen LogP contribution in [0.1, 0.15) is 30.0 Å². The summed E-state index contributed by atoms with van der Waals surface area (Å²) in [5.74, 6) is 0.280. The first kappa shape index (κ1) is 18.1. The molecule has 2 aromatic carbocycles. The number of hydrogen-bond donors (Lipinski definition) is 0. The SMILES string of the molecule is Cc1cccc(N2CCN(C(C(=O)N3CCCC3)c3ccccc3)CC2)c1. The van der Waals surface area contributed by atoms with Gasteiger partial charge in [0.25, 0.3) is 0 Å². The van der Waals surface area contributed by atoms with Crippen LogP contribution in [0.15, 0.2) is 54.6 Å². The summed E-state index contributed by atoms with van der Waals surface area (Å²) in [7, 11) is 0. The lowest BCUT2D eigenvalue weighted by Crippen LogP contribution is -2.51. The van der Waals surface area contributed by atoms with Gasteiger partial charge in [-0.1, -0.05) is 42.5 Å². The average molecular weight is 364 g/mol. The van der Waals surface area contributed by atoms with E-state index >= 15 is 0 Å². The van der Waals surface area contributed by atoms with Gasteiger partial charge in [0.2, 0.25) is 5.91 Å². The van der Waals surface area contributed by atoms with Crippen molar-refractivity contribution in [3.05, 3.63) is 65.7 Å². The molecule has 1 amide bonds. The number of hydrogen-bond acceptors (Lipinski definition) is 3. The zero-order valence-corrected chi connectivity index (χ0v) is 16.2. The van der Waals surface area contributed by atoms with Crippen molar-refractivity contribution in [3.63, 3.8) is 0 Å². The van der Waals surface area contributed by atoms with Crippen LogP contribution in [0.3, 0.4) is 0 Å². The molecule has 2 fully saturated rings. The van der Waals surface area contributed by atoms with Gasteiger partial charge >= 0.3 is 0 Å². The van der Waals surface area contributed by atoms with Gasteiger partial charge in [-0.25, -0.2) is 0 Å². The summed E-state index contributed by atoms with van der Waals surface area (Å²) >= 11 is 0. The van der Waals surface area contributed by atoms with Crippen molar-refractivity contribution in [2.45, 2.75) is 25.8 Å². The molecular weight excluding hydrogens is 334 g/mol. The molecule has 4 heteroatoms. The van der Waals surface area contributed by atoms with Crippen molar-refractivity contribution in [2.24, 2.45) is 0 Å². The maximum Gasteiger partial charge on any atom is 0.244 e. The van der Waals surface area contributed by atoms with Gasteiger partial charge in [-0.05, 0) is 43.0 Å². The van der Waals surface area contributed by atoms with Gasteiger partial charge in [0.1, 0.15) is 6.04 Å². The minimum atomic E-state index is -0.149. The molecule has 0 spiro atoms. The number of rotatable bonds is 4. The Bertz CT molecular complexity index is 762. The van der Waals surface area contributed by atoms with Crippen LogP contribution in [0.2, 0.25) is 0 Å². The lowest BCUT2D eigenvalue weighted by molar-refractivity contribution is -0.136. The molecule has 0 radical (unpaired) electrons. The molecule has 4 nitrogen and oxygen atoms in total. The van der Waals surface area contributed by atoms with Crippen molar-refractivity contribution < 1.29 is 4.79 Å². The first-order chi connectivity index (χ1) is 13.2. The first-order valence-corrected chi connectivity index (χ1v) is 10.1. The highest BCUT2D eigenvalue weighted by Gasteiger charge is 2.34. The molecule has 1 unspecified atom stereocenters. The van der Waals surface area contributed by atoms with E-state index in [2.05, 4.69) is 58.0 Å². The monoisotopic (exact) mass is 363 g/mol. The summed E-state index contributed by atoms with van der Waals surface area (Å²) in [6.07, 6.45) is 2.27. The second-order valence-corrected chi connectivity index (χ2v) is 7.71. The van der Waals surface area contributed by atoms with Crippen LogP contribution in [0, 0.1) is 6.92 Å². The van der Waals surface area contributed by atoms with E-state index in [9.17, 15) is 4.79 Å². The number of benzene rings is 2. The van der Waals surface area contributed by atoms with E-state index in [1.165, 1.54) is 11.3 Å². The Morgan fingerprint density at radius 1 is 0.852 bits per heavy atom. The summed E-state index contributed by atoms with van der Waals surface area (Å²) in [6.45, 7) is 7.69. The lowest BCUT2D eigenvalue weighted by atomic mass is 10.0. The van der Waals surface area contributed by atoms with Crippen molar-refractivity contribution in [2.75, 3.05) is 44.2 Å². The second kappa shape index (κ2) is 8.13. The molecule has 142 valence electrons. The zero-order valence-electron chi connectivity index (χ0n) is 16.2. The highest BCUT2D eigenvalue weighted by Crippen LogP contribution is 2.27. The van der Waals surface area contributed by atoms with Gasteiger partial charge < -0.3 is 9.80 Å². The van der Waals surface area contributed by atoms with Crippen LogP contribution in [0.4, 0.5) is 5.69 Å². The van der Waals surface area contributed by atoms with Gasteiger partial charge in [0.15, 0.2) is 0 Å². The average Bonchev–Trinajstić information content (AvgIpc) is 3.24. The van der Waals surface area contributed by atoms with Gasteiger partial charge in [-0.3, -0.25) is 9.69 Å². The van der Waals surface area contributed by atoms with Crippen molar-refractivity contribution in [3.8, 4) is 0 Å². The van der Waals surface area contributed by atoms with Gasteiger partial charge in [-0.15, -0.1) is 0 Å². The highest BCUT2D eigenvalue weighted by molar-refractivity contribution is 5.83. The number of piperazine rings is 1. The second-order valence-electron chi connectivity index (χ2n) is 7.71. The predicted molar refractivity (Wildman–Crippen MR) is 110 cm³/mol. The molecule has 1 atom stereocenters. The Balaban J connectivity index is 1.50. The van der Waals surface area contributed by atoms with Crippen LogP contribution in [0.25, 0.3) is 0 Å². The molecule has 0 aromatic heterocycles. The predicted octanol–water partition coefficient (Wildman–Crippen LogP) is 3.48. The minimum absolute atomic E-state index is 0.149. The number of nitrogens with zero attached hydrogens (tertiary/aromatic N) is 3. The van der Waals surface area contributed by atoms with E-state index in [4.69, 9.17) is 0 Å². The van der Waals surface area contributed by atoms with E-state index < -0.39 is 0 Å². The van der Waals surface area contributed by atoms with E-state index in [-0.39, 0.29) is 11.9 Å². The molecule has 2 aromatic rings. The van der Waals surface area contributed by atoms with E-state index in [0.717, 1.165) is 57.7 Å². The van der Waals surface area contributed by atoms with Crippen LogP contribution in [-0.2, 0) is 4.79 Å². The molecule has 0 aliphatic carbocycles. The summed E-state index contributed by atoms with van der Waals surface area (Å²) in [5.41, 5.74) is 3.71. The third-order valence-electron chi connectivity index (χ3n) is 5.81. The number of carbonyl (C=O) groups excluding carboxylic acids is 1. The fourth-order valence-corrected chi connectivity index (χ4v) is 4.32. The molecule has 2 heterocycles. The summed E-state index contributed by atoms with van der Waals surface area (Å²) < 4.78 is 0. The van der Waals surface area contributed by atoms with Gasteiger partial charge in [0.05, 0.1) is 0 Å². The standard InChI is InChI=1S/C23H29N3O/c1-19-8-7-11-21(18-19)24-14-16-25(17-15-24)22(20-9-3-2-4-10-20)23(27)26-12-5-6-13-26/h2-4,7-11,18,22H,5-6,12-17H2,1H3. The largest absolute Gasteiger partial charge is 0.369 e. The third-order valence-corrected chi connectivity index (χ3v) is 5.81. The molecule has 0 N–H and O–H groups in total. The molecule has 4 rings (SSSR count). The summed E-state index contributed by atoms with van der Waals surface area (Å²) in [4.78, 5) is 20.2. The molecule has 0 saturated carbocycles. The van der Waals surface area contributed by atoms with Crippen molar-refractivity contribution in [1.82, 2.24) is 9.80 Å². The number of carbonyl (C=O) groups is 1. The summed E-state index contributed by atoms with van der Waals surface area (Å²) in [5, 5.41) is 0. The molecule has 2 aliphatic heterocycles. The van der Waals surface area contributed by atoms with Crippen molar-refractivity contribution in [1.29, 1.82) is 0 Å². The van der Waals surface area contributed by atoms with Crippen LogP contribution in [-0.4, -0.2) is 55.0 Å². The quantitative estimate of drug-likeness (QED) is 0.832. The molecule has 2 saturated heterocycles. The number of anilines is 1. The Morgan fingerprint density at radius 3 is 2.22 bits per heavy atom. The van der Waals surface area contributed by atoms with Gasteiger partial charge in [-0.2, -0.15) is 0 Å². The molecule has 2 aliphatic rings. The topological polar surface area (TPSA) is 26.8 Å². The van der Waals surface area contributed by atoms with E-state index in [1.54, 1.807) is 0 Å². The minimum Gasteiger partial charge on any atom is -0.369 e. The number of aryl methyl sites for hydroxylation is 1. The zero-order chi connectivity index (χ0) is 18.6. The normalized spacial score (nSPS) is 19.3. The van der Waals surface area contributed by atoms with Crippen molar-refractivity contribution >= 4 is 11.6 Å². The molecule has 0 bridgehead atoms. The Hall–Kier alpha value is -2.33. The van der Waals surface area contributed by atoms with Gasteiger partial charge in [0, 0.05) is 45.0 Å². The fraction of sp³-hybridized carbons (Fsp3) is 0.435. The lowest BCUT2D eigenvalue weighted by Gasteiger charge is -2.40. The smallest absolute Gasteiger partial charge is 0.244 e. The Labute approximate surface area is 162 Å². The third kappa shape index (κ3) is 4.01. The van der Waals surface area contributed by atoms with Crippen LogP contribution in [0.5, 0.6) is 0 Å². The van der Waals surface area contributed by atoms with E-state index in [1.807, 2.05) is 18.2 Å². The maximum atomic E-state index is 13.3. The maximum absolute atomic E-state index is 13.3. The first-order valence-electron chi connectivity index (χ1n) is 10.1. The fourth-order valence-electron chi connectivity index (χ4n) is 4.32. The van der Waals surface area contributed by atoms with Crippen LogP contribution < -0.4 is 4.90 Å².